The second-order valence-corrected chi connectivity index (χ2v) is 6.18. The number of nitrogens with one attached hydrogen (secondary N) is 2. The SMILES string of the molecule is CNCc1ccc(S(=O)(=O)NCc2nccs2)o1. The molecule has 2 aromatic rings. The molecule has 0 aliphatic carbocycles. The van der Waals surface area contributed by atoms with Gasteiger partial charge in [0, 0.05) is 11.6 Å². The normalized spacial score (nSPS) is 11.8. The van der Waals surface area contributed by atoms with Gasteiger partial charge < -0.3 is 9.73 Å². The lowest BCUT2D eigenvalue weighted by atomic mass is 10.4. The lowest BCUT2D eigenvalue weighted by Crippen LogP contribution is -2.22. The first-order chi connectivity index (χ1) is 8.62. The topological polar surface area (TPSA) is 84.2 Å². The van der Waals surface area contributed by atoms with E-state index in [1.807, 2.05) is 0 Å². The van der Waals surface area contributed by atoms with Crippen LogP contribution in [0, 0.1) is 0 Å². The van der Waals surface area contributed by atoms with Crippen LogP contribution in [0.3, 0.4) is 0 Å². The number of nitrogens with zero attached hydrogens (tertiary/aromatic N) is 1. The summed E-state index contributed by atoms with van der Waals surface area (Å²) in [4.78, 5) is 4.00. The van der Waals surface area contributed by atoms with Gasteiger partial charge >= 0.3 is 0 Å². The molecule has 2 rings (SSSR count). The lowest BCUT2D eigenvalue weighted by molar-refractivity contribution is 0.404. The third-order valence-electron chi connectivity index (χ3n) is 2.15. The molecule has 0 unspecified atom stereocenters. The van der Waals surface area contributed by atoms with Gasteiger partial charge in [0.2, 0.25) is 5.09 Å². The molecule has 0 spiro atoms. The van der Waals surface area contributed by atoms with E-state index in [0.29, 0.717) is 17.3 Å². The van der Waals surface area contributed by atoms with Crippen molar-refractivity contribution in [3.63, 3.8) is 0 Å². The first-order valence-electron chi connectivity index (χ1n) is 5.23. The zero-order valence-electron chi connectivity index (χ0n) is 9.71. The fourth-order valence-corrected chi connectivity index (χ4v) is 2.92. The highest BCUT2D eigenvalue weighted by molar-refractivity contribution is 7.89. The maximum Gasteiger partial charge on any atom is 0.274 e. The zero-order chi connectivity index (χ0) is 13.0. The number of hydrogen-bond acceptors (Lipinski definition) is 6. The Balaban J connectivity index is 2.05. The second kappa shape index (κ2) is 5.61. The molecule has 2 N–H and O–H groups in total. The Labute approximate surface area is 109 Å². The first kappa shape index (κ1) is 13.2. The Morgan fingerprint density at radius 2 is 2.22 bits per heavy atom. The molecule has 0 saturated heterocycles. The summed E-state index contributed by atoms with van der Waals surface area (Å²) >= 11 is 1.39. The Hall–Kier alpha value is -1.22. The van der Waals surface area contributed by atoms with Crippen molar-refractivity contribution in [2.24, 2.45) is 0 Å². The van der Waals surface area contributed by atoms with Gasteiger partial charge in [0.05, 0.1) is 13.1 Å². The molecule has 8 heteroatoms. The van der Waals surface area contributed by atoms with Crippen molar-refractivity contribution in [2.45, 2.75) is 18.2 Å². The summed E-state index contributed by atoms with van der Waals surface area (Å²) in [5.41, 5.74) is 0. The van der Waals surface area contributed by atoms with E-state index in [-0.39, 0.29) is 11.6 Å². The zero-order valence-corrected chi connectivity index (χ0v) is 11.3. The molecular formula is C10H13N3O3S2. The molecule has 0 amide bonds. The van der Waals surface area contributed by atoms with Gasteiger partial charge in [-0.2, -0.15) is 0 Å². The summed E-state index contributed by atoms with van der Waals surface area (Å²) in [5.74, 6) is 0.576. The highest BCUT2D eigenvalue weighted by Crippen LogP contribution is 2.14. The molecule has 0 saturated carbocycles. The molecular weight excluding hydrogens is 274 g/mol. The van der Waals surface area contributed by atoms with Crippen LogP contribution in [-0.2, 0) is 23.1 Å². The van der Waals surface area contributed by atoms with Crippen LogP contribution in [0.25, 0.3) is 0 Å². The van der Waals surface area contributed by atoms with Crippen LogP contribution in [0.1, 0.15) is 10.8 Å². The standard InChI is InChI=1S/C10H13N3O3S2/c1-11-6-8-2-3-10(16-8)18(14,15)13-7-9-12-4-5-17-9/h2-5,11,13H,6-7H2,1H3. The minimum Gasteiger partial charge on any atom is -0.447 e. The number of hydrogen-bond donors (Lipinski definition) is 2. The molecule has 98 valence electrons. The van der Waals surface area contributed by atoms with E-state index >= 15 is 0 Å². The maximum absolute atomic E-state index is 11.9. The Bertz CT molecular complexity index is 590. The monoisotopic (exact) mass is 287 g/mol. The minimum atomic E-state index is -3.61. The van der Waals surface area contributed by atoms with Crippen molar-refractivity contribution in [1.29, 1.82) is 0 Å². The van der Waals surface area contributed by atoms with Gasteiger partial charge in [0.1, 0.15) is 10.8 Å². The fourth-order valence-electron chi connectivity index (χ4n) is 1.34. The Kier molecular flexibility index (Phi) is 4.12. The molecule has 0 aliphatic rings. The number of rotatable bonds is 6. The summed E-state index contributed by atoms with van der Waals surface area (Å²) in [6.07, 6.45) is 1.63. The number of furan rings is 1. The molecule has 0 radical (unpaired) electrons. The van der Waals surface area contributed by atoms with Crippen LogP contribution in [-0.4, -0.2) is 20.4 Å². The van der Waals surface area contributed by atoms with E-state index < -0.39 is 10.0 Å². The number of aromatic nitrogens is 1. The fraction of sp³-hybridized carbons (Fsp3) is 0.300. The predicted molar refractivity (Wildman–Crippen MR) is 67.6 cm³/mol. The number of sulfonamides is 1. The summed E-state index contributed by atoms with van der Waals surface area (Å²) < 4.78 is 31.5. The molecule has 0 atom stereocenters. The van der Waals surface area contributed by atoms with E-state index in [2.05, 4.69) is 15.0 Å². The van der Waals surface area contributed by atoms with Gasteiger partial charge in [-0.1, -0.05) is 0 Å². The highest BCUT2D eigenvalue weighted by Gasteiger charge is 2.18. The summed E-state index contributed by atoms with van der Waals surface area (Å²) in [5, 5.41) is 5.31. The number of thiazole rings is 1. The summed E-state index contributed by atoms with van der Waals surface area (Å²) in [6, 6.07) is 3.07. The molecule has 0 bridgehead atoms. The highest BCUT2D eigenvalue weighted by atomic mass is 32.2. The van der Waals surface area contributed by atoms with Crippen LogP contribution in [0.4, 0.5) is 0 Å². The van der Waals surface area contributed by atoms with Crippen LogP contribution >= 0.6 is 11.3 Å². The molecule has 6 nitrogen and oxygen atoms in total. The average Bonchev–Trinajstić information content (AvgIpc) is 2.98. The molecule has 18 heavy (non-hydrogen) atoms. The van der Waals surface area contributed by atoms with Crippen molar-refractivity contribution in [3.05, 3.63) is 34.5 Å². The van der Waals surface area contributed by atoms with Crippen molar-refractivity contribution in [2.75, 3.05) is 7.05 Å². The third kappa shape index (κ3) is 3.16. The Morgan fingerprint density at radius 1 is 1.39 bits per heavy atom. The van der Waals surface area contributed by atoms with E-state index in [1.54, 1.807) is 24.7 Å². The average molecular weight is 287 g/mol. The lowest BCUT2D eigenvalue weighted by Gasteiger charge is -2.01. The third-order valence-corrected chi connectivity index (χ3v) is 4.20. The molecule has 2 heterocycles. The maximum atomic E-state index is 11.9. The second-order valence-electron chi connectivity index (χ2n) is 3.50. The van der Waals surface area contributed by atoms with Crippen LogP contribution < -0.4 is 10.0 Å². The van der Waals surface area contributed by atoms with Gasteiger partial charge in [-0.25, -0.2) is 18.1 Å². The molecule has 0 aliphatic heterocycles. The van der Waals surface area contributed by atoms with Gasteiger partial charge in [0.15, 0.2) is 0 Å². The summed E-state index contributed by atoms with van der Waals surface area (Å²) in [6.45, 7) is 0.657. The van der Waals surface area contributed by atoms with Crippen molar-refractivity contribution in [1.82, 2.24) is 15.0 Å². The van der Waals surface area contributed by atoms with E-state index in [4.69, 9.17) is 4.42 Å². The van der Waals surface area contributed by atoms with E-state index in [1.165, 1.54) is 17.4 Å². The van der Waals surface area contributed by atoms with Crippen LogP contribution in [0.2, 0.25) is 0 Å². The Morgan fingerprint density at radius 3 is 2.89 bits per heavy atom. The predicted octanol–water partition coefficient (Wildman–Crippen LogP) is 0.934. The largest absolute Gasteiger partial charge is 0.447 e. The molecule has 2 aromatic heterocycles. The first-order valence-corrected chi connectivity index (χ1v) is 7.59. The van der Waals surface area contributed by atoms with E-state index in [0.717, 1.165) is 0 Å². The van der Waals surface area contributed by atoms with Gasteiger partial charge in [-0.3, -0.25) is 0 Å². The van der Waals surface area contributed by atoms with Crippen LogP contribution in [0.15, 0.2) is 33.2 Å². The minimum absolute atomic E-state index is 0.0793. The summed E-state index contributed by atoms with van der Waals surface area (Å²) in [7, 11) is -1.85. The van der Waals surface area contributed by atoms with Crippen molar-refractivity contribution >= 4 is 21.4 Å². The molecule has 0 fully saturated rings. The quantitative estimate of drug-likeness (QED) is 0.826. The van der Waals surface area contributed by atoms with Crippen molar-refractivity contribution in [3.8, 4) is 0 Å². The van der Waals surface area contributed by atoms with Crippen LogP contribution in [0.5, 0.6) is 0 Å². The van der Waals surface area contributed by atoms with Crippen molar-refractivity contribution < 1.29 is 12.8 Å². The molecule has 0 aromatic carbocycles. The van der Waals surface area contributed by atoms with E-state index in [9.17, 15) is 8.42 Å². The smallest absolute Gasteiger partial charge is 0.274 e. The van der Waals surface area contributed by atoms with Gasteiger partial charge in [-0.05, 0) is 19.2 Å². The van der Waals surface area contributed by atoms with Gasteiger partial charge in [0.25, 0.3) is 10.0 Å². The van der Waals surface area contributed by atoms with Gasteiger partial charge in [-0.15, -0.1) is 11.3 Å².